The number of nitrogens with zero attached hydrogens (tertiary/aromatic N) is 4. The minimum absolute atomic E-state index is 0.291. The Morgan fingerprint density at radius 2 is 2.33 bits per heavy atom. The summed E-state index contributed by atoms with van der Waals surface area (Å²) in [6.07, 6.45) is 0.992. The van der Waals surface area contributed by atoms with E-state index in [-0.39, 0.29) is 0 Å². The second-order valence-corrected chi connectivity index (χ2v) is 5.05. The highest BCUT2D eigenvalue weighted by Crippen LogP contribution is 2.27. The molecule has 0 fully saturated rings. The molecule has 0 radical (unpaired) electrons. The van der Waals surface area contributed by atoms with Crippen molar-refractivity contribution in [2.24, 2.45) is 0 Å². The number of aromatic nitrogens is 4. The molecular weight excluding hydrogens is 296 g/mol. The fraction of sp³-hybridized carbons (Fsp3) is 0.417. The molecule has 5 nitrogen and oxygen atoms in total. The Kier molecular flexibility index (Phi) is 3.13. The van der Waals surface area contributed by atoms with Gasteiger partial charge in [0.25, 0.3) is 0 Å². The number of rotatable bonds is 2. The van der Waals surface area contributed by atoms with E-state index >= 15 is 0 Å². The van der Waals surface area contributed by atoms with Crippen LogP contribution < -0.4 is 0 Å². The van der Waals surface area contributed by atoms with Gasteiger partial charge in [-0.1, -0.05) is 13.0 Å². The maximum atomic E-state index is 5.52. The van der Waals surface area contributed by atoms with E-state index in [1.807, 2.05) is 18.2 Å². The van der Waals surface area contributed by atoms with Crippen molar-refractivity contribution < 1.29 is 4.74 Å². The standard InChI is InChI=1S/C12H13BrN4O/c1-2-8-6-18-7-11-15-16-12(17(8)11)9-4-3-5-10(13)14-9/h3-5,8H,2,6-7H2,1H3/t8-/m0/s1. The van der Waals surface area contributed by atoms with Gasteiger partial charge in [0.1, 0.15) is 16.9 Å². The number of hydrogen-bond acceptors (Lipinski definition) is 4. The molecule has 94 valence electrons. The topological polar surface area (TPSA) is 52.8 Å². The molecule has 2 aromatic heterocycles. The maximum Gasteiger partial charge on any atom is 0.183 e. The van der Waals surface area contributed by atoms with Crippen LogP contribution in [0.2, 0.25) is 0 Å². The van der Waals surface area contributed by atoms with E-state index in [0.717, 1.165) is 28.4 Å². The third kappa shape index (κ3) is 1.95. The summed E-state index contributed by atoms with van der Waals surface area (Å²) in [6, 6.07) is 6.09. The van der Waals surface area contributed by atoms with Gasteiger partial charge in [-0.25, -0.2) is 4.98 Å². The summed E-state index contributed by atoms with van der Waals surface area (Å²) >= 11 is 3.38. The summed E-state index contributed by atoms with van der Waals surface area (Å²) in [5, 5.41) is 8.45. The van der Waals surface area contributed by atoms with Gasteiger partial charge in [-0.15, -0.1) is 10.2 Å². The summed E-state index contributed by atoms with van der Waals surface area (Å²) in [6.45, 7) is 3.38. The molecule has 3 rings (SSSR count). The van der Waals surface area contributed by atoms with E-state index < -0.39 is 0 Å². The third-order valence-electron chi connectivity index (χ3n) is 3.09. The molecule has 1 atom stereocenters. The van der Waals surface area contributed by atoms with E-state index in [2.05, 4.69) is 42.6 Å². The first kappa shape index (κ1) is 11.8. The molecule has 0 N–H and O–H groups in total. The lowest BCUT2D eigenvalue weighted by molar-refractivity contribution is 0.0542. The van der Waals surface area contributed by atoms with Crippen molar-refractivity contribution in [1.82, 2.24) is 19.7 Å². The number of ether oxygens (including phenoxy) is 1. The summed E-state index contributed by atoms with van der Waals surface area (Å²) in [5.74, 6) is 1.70. The third-order valence-corrected chi connectivity index (χ3v) is 3.53. The molecule has 6 heteroatoms. The van der Waals surface area contributed by atoms with Crippen molar-refractivity contribution in [2.45, 2.75) is 26.0 Å². The molecule has 2 aromatic rings. The average Bonchev–Trinajstić information content (AvgIpc) is 2.82. The van der Waals surface area contributed by atoms with Gasteiger partial charge in [-0.2, -0.15) is 0 Å². The van der Waals surface area contributed by atoms with Gasteiger partial charge in [0.15, 0.2) is 11.6 Å². The fourth-order valence-electron chi connectivity index (χ4n) is 2.17. The monoisotopic (exact) mass is 308 g/mol. The van der Waals surface area contributed by atoms with Gasteiger partial charge in [0.2, 0.25) is 0 Å². The SMILES string of the molecule is CC[C@H]1COCc2nnc(-c3cccc(Br)n3)n21. The zero-order valence-electron chi connectivity index (χ0n) is 10.0. The molecule has 18 heavy (non-hydrogen) atoms. The lowest BCUT2D eigenvalue weighted by Crippen LogP contribution is -2.24. The summed E-state index contributed by atoms with van der Waals surface area (Å²) in [7, 11) is 0. The van der Waals surface area contributed by atoms with Gasteiger partial charge in [-0.3, -0.25) is 0 Å². The molecule has 3 heterocycles. The number of hydrogen-bond donors (Lipinski definition) is 0. The van der Waals surface area contributed by atoms with Crippen molar-refractivity contribution in [2.75, 3.05) is 6.61 Å². The quantitative estimate of drug-likeness (QED) is 0.800. The van der Waals surface area contributed by atoms with Crippen LogP contribution in [0.5, 0.6) is 0 Å². The number of halogens is 1. The van der Waals surface area contributed by atoms with Crippen LogP contribution in [0.3, 0.4) is 0 Å². The van der Waals surface area contributed by atoms with E-state index in [1.54, 1.807) is 0 Å². The van der Waals surface area contributed by atoms with Gasteiger partial charge in [0.05, 0.1) is 12.6 Å². The van der Waals surface area contributed by atoms with Crippen LogP contribution in [0.25, 0.3) is 11.5 Å². The Hall–Kier alpha value is -1.27. The van der Waals surface area contributed by atoms with Crippen LogP contribution in [-0.2, 0) is 11.3 Å². The molecular formula is C12H13BrN4O. The first-order chi connectivity index (χ1) is 8.79. The molecule has 0 aliphatic carbocycles. The van der Waals surface area contributed by atoms with Crippen molar-refractivity contribution in [3.8, 4) is 11.5 Å². The molecule has 0 unspecified atom stereocenters. The lowest BCUT2D eigenvalue weighted by atomic mass is 10.2. The van der Waals surface area contributed by atoms with Crippen LogP contribution in [0, 0.1) is 0 Å². The van der Waals surface area contributed by atoms with Gasteiger partial charge < -0.3 is 9.30 Å². The molecule has 0 saturated carbocycles. The number of pyridine rings is 1. The Balaban J connectivity index is 2.11. The largest absolute Gasteiger partial charge is 0.371 e. The fourth-order valence-corrected chi connectivity index (χ4v) is 2.52. The first-order valence-electron chi connectivity index (χ1n) is 5.94. The Bertz CT molecular complexity index is 569. The summed E-state index contributed by atoms with van der Waals surface area (Å²) < 4.78 is 8.47. The Labute approximate surface area is 113 Å². The van der Waals surface area contributed by atoms with E-state index in [1.165, 1.54) is 0 Å². The predicted molar refractivity (Wildman–Crippen MR) is 69.9 cm³/mol. The number of fused-ring (bicyclic) bond motifs is 1. The van der Waals surface area contributed by atoms with E-state index in [4.69, 9.17) is 4.74 Å². The average molecular weight is 309 g/mol. The van der Waals surface area contributed by atoms with Crippen molar-refractivity contribution >= 4 is 15.9 Å². The Morgan fingerprint density at radius 3 is 3.11 bits per heavy atom. The second-order valence-electron chi connectivity index (χ2n) is 4.23. The van der Waals surface area contributed by atoms with E-state index in [9.17, 15) is 0 Å². The minimum atomic E-state index is 0.291. The van der Waals surface area contributed by atoms with Gasteiger partial charge >= 0.3 is 0 Å². The zero-order valence-corrected chi connectivity index (χ0v) is 11.6. The van der Waals surface area contributed by atoms with Gasteiger partial charge in [-0.05, 0) is 34.5 Å². The summed E-state index contributed by atoms with van der Waals surface area (Å²) in [4.78, 5) is 4.45. The Morgan fingerprint density at radius 1 is 1.44 bits per heavy atom. The maximum absolute atomic E-state index is 5.52. The molecule has 1 aliphatic rings. The van der Waals surface area contributed by atoms with Crippen LogP contribution >= 0.6 is 15.9 Å². The molecule has 1 aliphatic heterocycles. The molecule has 0 bridgehead atoms. The highest BCUT2D eigenvalue weighted by atomic mass is 79.9. The van der Waals surface area contributed by atoms with Crippen LogP contribution in [0.15, 0.2) is 22.8 Å². The van der Waals surface area contributed by atoms with Crippen LogP contribution in [0.4, 0.5) is 0 Å². The zero-order chi connectivity index (χ0) is 12.5. The normalized spacial score (nSPS) is 18.7. The van der Waals surface area contributed by atoms with Gasteiger partial charge in [0, 0.05) is 0 Å². The van der Waals surface area contributed by atoms with E-state index in [0.29, 0.717) is 19.3 Å². The second kappa shape index (κ2) is 4.78. The lowest BCUT2D eigenvalue weighted by Gasteiger charge is -2.24. The summed E-state index contributed by atoms with van der Waals surface area (Å²) in [5.41, 5.74) is 0.837. The first-order valence-corrected chi connectivity index (χ1v) is 6.73. The molecule has 0 spiro atoms. The van der Waals surface area contributed by atoms with Crippen molar-refractivity contribution in [3.63, 3.8) is 0 Å². The minimum Gasteiger partial charge on any atom is -0.371 e. The van der Waals surface area contributed by atoms with Crippen molar-refractivity contribution in [1.29, 1.82) is 0 Å². The van der Waals surface area contributed by atoms with Crippen molar-refractivity contribution in [3.05, 3.63) is 28.6 Å². The predicted octanol–water partition coefficient (Wildman–Crippen LogP) is 2.58. The molecule has 0 saturated heterocycles. The highest BCUT2D eigenvalue weighted by Gasteiger charge is 2.25. The molecule has 0 amide bonds. The van der Waals surface area contributed by atoms with Crippen LogP contribution in [0.1, 0.15) is 25.2 Å². The highest BCUT2D eigenvalue weighted by molar-refractivity contribution is 9.10. The van der Waals surface area contributed by atoms with Crippen LogP contribution in [-0.4, -0.2) is 26.4 Å². The molecule has 0 aromatic carbocycles. The smallest absolute Gasteiger partial charge is 0.183 e.